The quantitative estimate of drug-likeness (QED) is 0.841. The zero-order chi connectivity index (χ0) is 15.8. The SMILES string of the molecule is CC1(C)C(O)CC1NC(=O)c1ccccc1SC(F)(F)F. The van der Waals surface area contributed by atoms with E-state index in [2.05, 4.69) is 5.32 Å². The lowest BCUT2D eigenvalue weighted by Gasteiger charge is -2.49. The minimum atomic E-state index is -4.44. The molecule has 7 heteroatoms. The number of amides is 1. The van der Waals surface area contributed by atoms with Crippen LogP contribution in [-0.2, 0) is 0 Å². The third-order valence-corrected chi connectivity index (χ3v) is 4.69. The number of alkyl halides is 3. The van der Waals surface area contributed by atoms with Gasteiger partial charge in [-0.15, -0.1) is 0 Å². The van der Waals surface area contributed by atoms with Gasteiger partial charge in [-0.1, -0.05) is 26.0 Å². The zero-order valence-corrected chi connectivity index (χ0v) is 12.4. The van der Waals surface area contributed by atoms with Gasteiger partial charge in [-0.05, 0) is 30.3 Å². The minimum absolute atomic E-state index is 0.00276. The number of carbonyl (C=O) groups excluding carboxylic acids is 1. The fourth-order valence-corrected chi connectivity index (χ4v) is 2.92. The molecule has 0 aliphatic heterocycles. The normalized spacial score (nSPS) is 24.3. The van der Waals surface area contributed by atoms with Crippen molar-refractivity contribution in [2.45, 2.75) is 42.8 Å². The molecule has 2 rings (SSSR count). The van der Waals surface area contributed by atoms with E-state index in [0.29, 0.717) is 6.42 Å². The number of hydrogen-bond acceptors (Lipinski definition) is 3. The summed E-state index contributed by atoms with van der Waals surface area (Å²) in [6.07, 6.45) is -0.101. The smallest absolute Gasteiger partial charge is 0.392 e. The van der Waals surface area contributed by atoms with Crippen LogP contribution < -0.4 is 5.32 Å². The van der Waals surface area contributed by atoms with Gasteiger partial charge in [0, 0.05) is 16.4 Å². The van der Waals surface area contributed by atoms with Gasteiger partial charge in [-0.2, -0.15) is 13.2 Å². The van der Waals surface area contributed by atoms with Crippen LogP contribution in [0.5, 0.6) is 0 Å². The fourth-order valence-electron chi connectivity index (χ4n) is 2.25. The first-order valence-electron chi connectivity index (χ1n) is 6.45. The molecule has 3 nitrogen and oxygen atoms in total. The van der Waals surface area contributed by atoms with Crippen LogP contribution in [0.1, 0.15) is 30.6 Å². The molecule has 1 aliphatic carbocycles. The second-order valence-electron chi connectivity index (χ2n) is 5.64. The Bertz CT molecular complexity index is 545. The predicted octanol–water partition coefficient (Wildman–Crippen LogP) is 3.19. The molecule has 1 saturated carbocycles. The predicted molar refractivity (Wildman–Crippen MR) is 74.0 cm³/mol. The molecule has 1 aliphatic rings. The molecule has 2 atom stereocenters. The van der Waals surface area contributed by atoms with E-state index in [1.807, 2.05) is 13.8 Å². The maximum absolute atomic E-state index is 12.5. The van der Waals surface area contributed by atoms with E-state index in [9.17, 15) is 23.1 Å². The van der Waals surface area contributed by atoms with Crippen molar-refractivity contribution in [3.63, 3.8) is 0 Å². The Kier molecular flexibility index (Phi) is 4.26. The first kappa shape index (κ1) is 16.2. The number of benzene rings is 1. The van der Waals surface area contributed by atoms with Crippen molar-refractivity contribution in [3.8, 4) is 0 Å². The number of hydrogen-bond donors (Lipinski definition) is 2. The first-order valence-corrected chi connectivity index (χ1v) is 7.26. The summed E-state index contributed by atoms with van der Waals surface area (Å²) in [5, 5.41) is 12.3. The van der Waals surface area contributed by atoms with Gasteiger partial charge in [0.2, 0.25) is 0 Å². The Hall–Kier alpha value is -1.21. The zero-order valence-electron chi connectivity index (χ0n) is 11.6. The van der Waals surface area contributed by atoms with Gasteiger partial charge in [0.15, 0.2) is 0 Å². The van der Waals surface area contributed by atoms with Crippen LogP contribution in [0.2, 0.25) is 0 Å². The van der Waals surface area contributed by atoms with Gasteiger partial charge >= 0.3 is 5.51 Å². The van der Waals surface area contributed by atoms with Crippen molar-refractivity contribution in [2.75, 3.05) is 0 Å². The van der Waals surface area contributed by atoms with Crippen LogP contribution in [-0.4, -0.2) is 28.7 Å². The molecule has 116 valence electrons. The first-order chi connectivity index (χ1) is 9.61. The van der Waals surface area contributed by atoms with Gasteiger partial charge < -0.3 is 10.4 Å². The Balaban J connectivity index is 2.13. The molecular weight excluding hydrogens is 303 g/mol. The molecule has 2 unspecified atom stereocenters. The summed E-state index contributed by atoms with van der Waals surface area (Å²) in [4.78, 5) is 12.1. The summed E-state index contributed by atoms with van der Waals surface area (Å²) >= 11 is -0.301. The van der Waals surface area contributed by atoms with Crippen molar-refractivity contribution in [1.29, 1.82) is 0 Å². The molecule has 0 spiro atoms. The highest BCUT2D eigenvalue weighted by Crippen LogP contribution is 2.41. The summed E-state index contributed by atoms with van der Waals surface area (Å²) in [6, 6.07) is 5.38. The van der Waals surface area contributed by atoms with Crippen LogP contribution in [0, 0.1) is 5.41 Å². The molecule has 0 heterocycles. The maximum atomic E-state index is 12.5. The fraction of sp³-hybridized carbons (Fsp3) is 0.500. The highest BCUT2D eigenvalue weighted by atomic mass is 32.2. The second-order valence-corrected chi connectivity index (χ2v) is 6.75. The van der Waals surface area contributed by atoms with E-state index in [1.165, 1.54) is 24.3 Å². The maximum Gasteiger partial charge on any atom is 0.446 e. The van der Waals surface area contributed by atoms with E-state index in [-0.39, 0.29) is 28.3 Å². The molecule has 21 heavy (non-hydrogen) atoms. The second kappa shape index (κ2) is 5.53. The van der Waals surface area contributed by atoms with Crippen molar-refractivity contribution < 1.29 is 23.1 Å². The third kappa shape index (κ3) is 3.52. The average molecular weight is 319 g/mol. The minimum Gasteiger partial charge on any atom is -0.392 e. The van der Waals surface area contributed by atoms with Gasteiger partial charge in [-0.3, -0.25) is 4.79 Å². The Morgan fingerprint density at radius 2 is 2.00 bits per heavy atom. The molecule has 2 N–H and O–H groups in total. The molecule has 0 radical (unpaired) electrons. The molecular formula is C14H16F3NO2S. The summed E-state index contributed by atoms with van der Waals surface area (Å²) in [7, 11) is 0. The number of halogens is 3. The number of thioether (sulfide) groups is 1. The number of nitrogens with one attached hydrogen (secondary N) is 1. The van der Waals surface area contributed by atoms with Gasteiger partial charge in [0.05, 0.1) is 11.7 Å². The van der Waals surface area contributed by atoms with Crippen molar-refractivity contribution in [3.05, 3.63) is 29.8 Å². The Labute approximate surface area is 124 Å². The van der Waals surface area contributed by atoms with Crippen molar-refractivity contribution in [1.82, 2.24) is 5.32 Å². The average Bonchev–Trinajstić information content (AvgIpc) is 2.37. The van der Waals surface area contributed by atoms with Crippen LogP contribution in [0.25, 0.3) is 0 Å². The molecule has 0 aromatic heterocycles. The molecule has 1 amide bonds. The number of aliphatic hydroxyl groups is 1. The highest BCUT2D eigenvalue weighted by molar-refractivity contribution is 8.00. The topological polar surface area (TPSA) is 49.3 Å². The lowest BCUT2D eigenvalue weighted by Crippen LogP contribution is -2.61. The number of rotatable bonds is 3. The van der Waals surface area contributed by atoms with Crippen LogP contribution >= 0.6 is 11.8 Å². The molecule has 0 saturated heterocycles. The third-order valence-electron chi connectivity index (χ3n) is 3.88. The van der Waals surface area contributed by atoms with Crippen LogP contribution in [0.4, 0.5) is 13.2 Å². The highest BCUT2D eigenvalue weighted by Gasteiger charge is 2.48. The largest absolute Gasteiger partial charge is 0.446 e. The molecule has 1 aromatic carbocycles. The Morgan fingerprint density at radius 1 is 1.38 bits per heavy atom. The Morgan fingerprint density at radius 3 is 2.52 bits per heavy atom. The van der Waals surface area contributed by atoms with E-state index < -0.39 is 22.9 Å². The van der Waals surface area contributed by atoms with Crippen LogP contribution in [0.15, 0.2) is 29.2 Å². The van der Waals surface area contributed by atoms with Crippen molar-refractivity contribution >= 4 is 17.7 Å². The van der Waals surface area contributed by atoms with Gasteiger partial charge in [0.1, 0.15) is 0 Å². The summed E-state index contributed by atoms with van der Waals surface area (Å²) < 4.78 is 37.5. The molecule has 1 aromatic rings. The summed E-state index contributed by atoms with van der Waals surface area (Å²) in [6.45, 7) is 3.62. The molecule has 0 bridgehead atoms. The summed E-state index contributed by atoms with van der Waals surface area (Å²) in [5.41, 5.74) is -4.92. The lowest BCUT2D eigenvalue weighted by atomic mass is 9.64. The van der Waals surface area contributed by atoms with E-state index in [0.717, 1.165) is 0 Å². The number of carbonyl (C=O) groups is 1. The van der Waals surface area contributed by atoms with E-state index in [4.69, 9.17) is 0 Å². The van der Waals surface area contributed by atoms with Crippen LogP contribution in [0.3, 0.4) is 0 Å². The standard InChI is InChI=1S/C14H16F3NO2S/c1-13(2)10(7-11(13)19)18-12(20)8-5-3-4-6-9(8)21-14(15,16)17/h3-6,10-11,19H,7H2,1-2H3,(H,18,20). The summed E-state index contributed by atoms with van der Waals surface area (Å²) in [5.74, 6) is -0.549. The van der Waals surface area contributed by atoms with E-state index in [1.54, 1.807) is 0 Å². The van der Waals surface area contributed by atoms with Crippen molar-refractivity contribution in [2.24, 2.45) is 5.41 Å². The van der Waals surface area contributed by atoms with E-state index >= 15 is 0 Å². The monoisotopic (exact) mass is 319 g/mol. The van der Waals surface area contributed by atoms with Gasteiger partial charge in [-0.25, -0.2) is 0 Å². The number of aliphatic hydroxyl groups excluding tert-OH is 1. The van der Waals surface area contributed by atoms with Gasteiger partial charge in [0.25, 0.3) is 5.91 Å². The molecule has 1 fully saturated rings. The lowest BCUT2D eigenvalue weighted by molar-refractivity contribution is -0.0689.